The number of halogens is 2. The van der Waals surface area contributed by atoms with Gasteiger partial charge in [-0.05, 0) is 35.9 Å². The number of nitrogens with zero attached hydrogens (tertiary/aromatic N) is 1. The van der Waals surface area contributed by atoms with E-state index in [9.17, 15) is 18.7 Å². The predicted molar refractivity (Wildman–Crippen MR) is 79.7 cm³/mol. The second-order valence-electron chi connectivity index (χ2n) is 5.03. The normalized spacial score (nSPS) is 12.3. The Kier molecular flexibility index (Phi) is 4.03. The summed E-state index contributed by atoms with van der Waals surface area (Å²) < 4.78 is 26.0. The molecule has 0 fully saturated rings. The summed E-state index contributed by atoms with van der Waals surface area (Å²) in [5.41, 5.74) is 2.05. The summed E-state index contributed by atoms with van der Waals surface area (Å²) in [6.45, 7) is -0.120. The van der Waals surface area contributed by atoms with Crippen LogP contribution < -0.4 is 5.32 Å². The van der Waals surface area contributed by atoms with Gasteiger partial charge in [-0.15, -0.1) is 0 Å². The Bertz CT molecular complexity index is 863. The molecule has 118 valence electrons. The van der Waals surface area contributed by atoms with E-state index < -0.39 is 17.7 Å². The van der Waals surface area contributed by atoms with E-state index in [1.165, 1.54) is 12.4 Å². The first-order valence-corrected chi connectivity index (χ1v) is 6.89. The van der Waals surface area contributed by atoms with Crippen molar-refractivity contribution >= 4 is 16.9 Å². The summed E-state index contributed by atoms with van der Waals surface area (Å²) in [4.78, 5) is 19.0. The van der Waals surface area contributed by atoms with Crippen LogP contribution in [0.2, 0.25) is 0 Å². The molecule has 3 aromatic rings. The molecule has 0 aliphatic carbocycles. The minimum absolute atomic E-state index is 0.120. The summed E-state index contributed by atoms with van der Waals surface area (Å²) >= 11 is 0. The number of amides is 1. The first-order valence-electron chi connectivity index (χ1n) is 6.89. The second-order valence-corrected chi connectivity index (χ2v) is 5.03. The van der Waals surface area contributed by atoms with Crippen molar-refractivity contribution in [1.82, 2.24) is 15.3 Å². The third-order valence-electron chi connectivity index (χ3n) is 3.47. The van der Waals surface area contributed by atoms with Crippen LogP contribution in [-0.2, 0) is 0 Å². The SMILES string of the molecule is O=C(NC[C@@H](O)c1ccc(F)c(F)c1)c1ccc2nc[nH]c2c1. The molecule has 3 N–H and O–H groups in total. The Morgan fingerprint density at radius 3 is 2.83 bits per heavy atom. The number of aromatic nitrogens is 2. The molecule has 1 heterocycles. The molecule has 5 nitrogen and oxygen atoms in total. The van der Waals surface area contributed by atoms with E-state index in [1.54, 1.807) is 18.2 Å². The van der Waals surface area contributed by atoms with Crippen molar-refractivity contribution in [1.29, 1.82) is 0 Å². The van der Waals surface area contributed by atoms with Crippen LogP contribution >= 0.6 is 0 Å². The molecule has 3 rings (SSSR count). The molecule has 0 aliphatic heterocycles. The molecule has 7 heteroatoms. The smallest absolute Gasteiger partial charge is 0.251 e. The van der Waals surface area contributed by atoms with Gasteiger partial charge in [0.25, 0.3) is 5.91 Å². The molecular weight excluding hydrogens is 304 g/mol. The van der Waals surface area contributed by atoms with Gasteiger partial charge >= 0.3 is 0 Å². The van der Waals surface area contributed by atoms with Gasteiger partial charge in [0.2, 0.25) is 0 Å². The second kappa shape index (κ2) is 6.13. The first kappa shape index (κ1) is 15.1. The number of hydrogen-bond donors (Lipinski definition) is 3. The third-order valence-corrected chi connectivity index (χ3v) is 3.47. The zero-order valence-corrected chi connectivity index (χ0v) is 11.9. The van der Waals surface area contributed by atoms with Gasteiger partial charge in [0.15, 0.2) is 11.6 Å². The molecule has 23 heavy (non-hydrogen) atoms. The highest BCUT2D eigenvalue weighted by molar-refractivity contribution is 5.97. The lowest BCUT2D eigenvalue weighted by atomic mass is 10.1. The van der Waals surface area contributed by atoms with Gasteiger partial charge < -0.3 is 15.4 Å². The van der Waals surface area contributed by atoms with Crippen LogP contribution in [0.4, 0.5) is 8.78 Å². The molecule has 0 saturated carbocycles. The monoisotopic (exact) mass is 317 g/mol. The highest BCUT2D eigenvalue weighted by Gasteiger charge is 2.13. The van der Waals surface area contributed by atoms with Crippen molar-refractivity contribution in [3.05, 3.63) is 65.5 Å². The Labute approximate surface area is 130 Å². The lowest BCUT2D eigenvalue weighted by Crippen LogP contribution is -2.28. The fraction of sp³-hybridized carbons (Fsp3) is 0.125. The van der Waals surface area contributed by atoms with Crippen molar-refractivity contribution in [2.24, 2.45) is 0 Å². The summed E-state index contributed by atoms with van der Waals surface area (Å²) in [5, 5.41) is 12.5. The van der Waals surface area contributed by atoms with Crippen molar-refractivity contribution in [3.8, 4) is 0 Å². The quantitative estimate of drug-likeness (QED) is 0.691. The number of nitrogens with one attached hydrogen (secondary N) is 2. The Morgan fingerprint density at radius 1 is 1.22 bits per heavy atom. The summed E-state index contributed by atoms with van der Waals surface area (Å²) in [6, 6.07) is 8.06. The molecule has 0 radical (unpaired) electrons. The topological polar surface area (TPSA) is 78.0 Å². The van der Waals surface area contributed by atoms with Crippen molar-refractivity contribution in [2.75, 3.05) is 6.54 Å². The van der Waals surface area contributed by atoms with E-state index in [2.05, 4.69) is 15.3 Å². The van der Waals surface area contributed by atoms with Gasteiger partial charge in [0.05, 0.1) is 23.5 Å². The van der Waals surface area contributed by atoms with Gasteiger partial charge in [-0.25, -0.2) is 13.8 Å². The van der Waals surface area contributed by atoms with Crippen LogP contribution in [0.3, 0.4) is 0 Å². The number of aliphatic hydroxyl groups excluding tert-OH is 1. The minimum atomic E-state index is -1.13. The van der Waals surface area contributed by atoms with Gasteiger partial charge in [0, 0.05) is 12.1 Å². The van der Waals surface area contributed by atoms with Crippen LogP contribution in [0, 0.1) is 11.6 Å². The molecule has 2 aromatic carbocycles. The fourth-order valence-corrected chi connectivity index (χ4v) is 2.21. The van der Waals surface area contributed by atoms with E-state index in [4.69, 9.17) is 0 Å². The minimum Gasteiger partial charge on any atom is -0.387 e. The Balaban J connectivity index is 1.66. The predicted octanol–water partition coefficient (Wildman–Crippen LogP) is 2.30. The van der Waals surface area contributed by atoms with E-state index in [0.29, 0.717) is 5.56 Å². The molecule has 1 aromatic heterocycles. The average Bonchev–Trinajstić information content (AvgIpc) is 3.02. The molecule has 0 aliphatic rings. The number of fused-ring (bicyclic) bond motifs is 1. The molecule has 1 amide bonds. The summed E-state index contributed by atoms with van der Waals surface area (Å²) in [5.74, 6) is -2.42. The van der Waals surface area contributed by atoms with Gasteiger partial charge in [-0.1, -0.05) is 6.07 Å². The van der Waals surface area contributed by atoms with Gasteiger partial charge in [-0.3, -0.25) is 4.79 Å². The van der Waals surface area contributed by atoms with Crippen molar-refractivity contribution < 1.29 is 18.7 Å². The van der Waals surface area contributed by atoms with E-state index in [1.807, 2.05) is 0 Å². The van der Waals surface area contributed by atoms with E-state index >= 15 is 0 Å². The molecule has 1 atom stereocenters. The third kappa shape index (κ3) is 3.19. The highest BCUT2D eigenvalue weighted by atomic mass is 19.2. The van der Waals surface area contributed by atoms with Crippen LogP contribution in [0.25, 0.3) is 11.0 Å². The lowest BCUT2D eigenvalue weighted by Gasteiger charge is -2.12. The van der Waals surface area contributed by atoms with Crippen LogP contribution in [0.15, 0.2) is 42.7 Å². The number of aliphatic hydroxyl groups is 1. The number of H-pyrrole nitrogens is 1. The first-order chi connectivity index (χ1) is 11.0. The average molecular weight is 317 g/mol. The van der Waals surface area contributed by atoms with E-state index in [0.717, 1.165) is 23.2 Å². The summed E-state index contributed by atoms with van der Waals surface area (Å²) in [6.07, 6.45) is 0.393. The number of hydrogen-bond acceptors (Lipinski definition) is 3. The number of carbonyl (C=O) groups is 1. The maximum absolute atomic E-state index is 13.1. The maximum atomic E-state index is 13.1. The van der Waals surface area contributed by atoms with E-state index in [-0.39, 0.29) is 18.0 Å². The zero-order chi connectivity index (χ0) is 16.4. The van der Waals surface area contributed by atoms with Crippen LogP contribution in [-0.4, -0.2) is 27.5 Å². The number of carbonyl (C=O) groups excluding carboxylic acids is 1. The highest BCUT2D eigenvalue weighted by Crippen LogP contribution is 2.16. The lowest BCUT2D eigenvalue weighted by molar-refractivity contribution is 0.0916. The number of benzene rings is 2. The zero-order valence-electron chi connectivity index (χ0n) is 11.9. The molecule has 0 bridgehead atoms. The molecular formula is C16H13F2N3O2. The van der Waals surface area contributed by atoms with Crippen LogP contribution in [0.1, 0.15) is 22.0 Å². The van der Waals surface area contributed by atoms with Crippen molar-refractivity contribution in [2.45, 2.75) is 6.10 Å². The molecule has 0 spiro atoms. The number of aromatic amines is 1. The maximum Gasteiger partial charge on any atom is 0.251 e. The Hall–Kier alpha value is -2.80. The van der Waals surface area contributed by atoms with Crippen LogP contribution in [0.5, 0.6) is 0 Å². The summed E-state index contributed by atoms with van der Waals surface area (Å²) in [7, 11) is 0. The molecule has 0 saturated heterocycles. The van der Waals surface area contributed by atoms with Crippen molar-refractivity contribution in [3.63, 3.8) is 0 Å². The van der Waals surface area contributed by atoms with Gasteiger partial charge in [-0.2, -0.15) is 0 Å². The van der Waals surface area contributed by atoms with Gasteiger partial charge in [0.1, 0.15) is 0 Å². The molecule has 0 unspecified atom stereocenters. The standard InChI is InChI=1S/C16H13F2N3O2/c17-11-3-1-9(5-12(11)18)15(22)7-19-16(23)10-2-4-13-14(6-10)21-8-20-13/h1-6,8,15,22H,7H2,(H,19,23)(H,20,21)/t15-/m1/s1. The fourth-order valence-electron chi connectivity index (χ4n) is 2.21. The largest absolute Gasteiger partial charge is 0.387 e. The Morgan fingerprint density at radius 2 is 2.04 bits per heavy atom. The number of imidazole rings is 1. The number of rotatable bonds is 4.